The van der Waals surface area contributed by atoms with Crippen molar-refractivity contribution >= 4 is 22.8 Å². The van der Waals surface area contributed by atoms with Crippen LogP contribution in [0.1, 0.15) is 12.5 Å². The molecule has 0 aromatic carbocycles. The minimum absolute atomic E-state index is 0.0311. The van der Waals surface area contributed by atoms with Crippen LogP contribution in [0.15, 0.2) is 16.1 Å². The van der Waals surface area contributed by atoms with Crippen LogP contribution in [0.3, 0.4) is 0 Å². The van der Waals surface area contributed by atoms with Crippen molar-refractivity contribution in [3.63, 3.8) is 0 Å². The molecule has 0 bridgehead atoms. The summed E-state index contributed by atoms with van der Waals surface area (Å²) < 4.78 is 1.61. The van der Waals surface area contributed by atoms with Gasteiger partial charge in [-0.1, -0.05) is 11.8 Å². The van der Waals surface area contributed by atoms with Gasteiger partial charge in [-0.3, -0.25) is 9.89 Å². The number of hydrogen-bond acceptors (Lipinski definition) is 4. The average Bonchev–Trinajstić information content (AvgIpc) is 3.04. The molecule has 6 heteroatoms. The van der Waals surface area contributed by atoms with Gasteiger partial charge >= 0.3 is 0 Å². The molecule has 1 atom stereocenters. The van der Waals surface area contributed by atoms with Gasteiger partial charge in [0.1, 0.15) is 11.8 Å². The molecule has 0 radical (unpaired) electrons. The lowest BCUT2D eigenvalue weighted by Gasteiger charge is -1.91. The Morgan fingerprint density at radius 2 is 2.53 bits per heavy atom. The Kier molecular flexibility index (Phi) is 1.79. The third-order valence-electron chi connectivity index (χ3n) is 2.40. The molecule has 2 aromatic heterocycles. The molecule has 2 heterocycles. The molecule has 1 aliphatic rings. The maximum absolute atomic E-state index is 11.8. The number of hydrogen-bond donors (Lipinski definition) is 1. The monoisotopic (exact) mass is 221 g/mol. The Hall–Kier alpha value is -1.43. The predicted octanol–water partition coefficient (Wildman–Crippen LogP) is 0.991. The van der Waals surface area contributed by atoms with Crippen molar-refractivity contribution in [3.05, 3.63) is 23.0 Å². The summed E-state index contributed by atoms with van der Waals surface area (Å²) in [6.07, 6.45) is 6.52. The minimum Gasteiger partial charge on any atom is -0.274 e. The summed E-state index contributed by atoms with van der Waals surface area (Å²) in [5.41, 5.74) is 0.594. The maximum atomic E-state index is 11.8. The average molecular weight is 221 g/mol. The molecule has 1 N–H and O–H groups in total. The quantitative estimate of drug-likeness (QED) is 0.466. The fourth-order valence-corrected chi connectivity index (χ4v) is 1.85. The van der Waals surface area contributed by atoms with Gasteiger partial charge < -0.3 is 0 Å². The van der Waals surface area contributed by atoms with E-state index in [1.807, 2.05) is 6.26 Å². The van der Waals surface area contributed by atoms with Gasteiger partial charge in [0.2, 0.25) is 6.04 Å². The Bertz CT molecular complexity index is 569. The van der Waals surface area contributed by atoms with E-state index in [1.54, 1.807) is 10.9 Å². The second-order valence-corrected chi connectivity index (χ2v) is 4.22. The van der Waals surface area contributed by atoms with Gasteiger partial charge in [-0.15, -0.1) is 0 Å². The predicted molar refractivity (Wildman–Crippen MR) is 57.9 cm³/mol. The van der Waals surface area contributed by atoms with Crippen molar-refractivity contribution in [1.82, 2.24) is 19.7 Å². The van der Waals surface area contributed by atoms with E-state index in [0.29, 0.717) is 16.2 Å². The van der Waals surface area contributed by atoms with E-state index in [2.05, 4.69) is 21.5 Å². The first-order valence-electron chi connectivity index (χ1n) is 4.64. The van der Waals surface area contributed by atoms with Gasteiger partial charge in [0.25, 0.3) is 5.56 Å². The molecule has 2 aromatic rings. The third-order valence-corrected chi connectivity index (χ3v) is 2.96. The summed E-state index contributed by atoms with van der Waals surface area (Å²) in [7, 11) is 0. The Morgan fingerprint density at radius 1 is 1.73 bits per heavy atom. The first kappa shape index (κ1) is 8.84. The normalized spacial score (nSPS) is 19.1. The molecule has 0 aliphatic heterocycles. The van der Waals surface area contributed by atoms with Crippen LogP contribution in [0.25, 0.3) is 11.0 Å². The van der Waals surface area contributed by atoms with Crippen LogP contribution in [0.4, 0.5) is 0 Å². The van der Waals surface area contributed by atoms with Crippen LogP contribution in [0.5, 0.6) is 0 Å². The number of fused-ring (bicyclic) bond motifs is 1. The van der Waals surface area contributed by atoms with E-state index in [4.69, 9.17) is 0 Å². The highest BCUT2D eigenvalue weighted by Gasteiger charge is 2.39. The second-order valence-electron chi connectivity index (χ2n) is 3.44. The molecule has 0 amide bonds. The SMILES string of the molecule is CSc1ncc2c(=O)n(C3[CH+]C3)[nH]c2n1. The Balaban J connectivity index is 2.25. The molecule has 1 aliphatic carbocycles. The molecular formula is C9H9N4OS+. The standard InChI is InChI=1S/C9H8N4OS/c1-15-9-10-4-6-7(11-9)12-13(8(6)14)5-2-3-5/h2,4-5H,3H2,1H3/p+1. The lowest BCUT2D eigenvalue weighted by molar-refractivity contribution is 0.641. The van der Waals surface area contributed by atoms with Crippen molar-refractivity contribution in [2.75, 3.05) is 6.26 Å². The molecule has 5 nitrogen and oxygen atoms in total. The molecule has 1 fully saturated rings. The van der Waals surface area contributed by atoms with Crippen LogP contribution in [0.2, 0.25) is 0 Å². The van der Waals surface area contributed by atoms with Gasteiger partial charge in [0, 0.05) is 6.20 Å². The summed E-state index contributed by atoms with van der Waals surface area (Å²) in [4.78, 5) is 20.2. The number of aromatic nitrogens is 4. The summed E-state index contributed by atoms with van der Waals surface area (Å²) in [5.74, 6) is 0. The van der Waals surface area contributed by atoms with Crippen molar-refractivity contribution in [2.24, 2.45) is 0 Å². The molecular weight excluding hydrogens is 212 g/mol. The van der Waals surface area contributed by atoms with E-state index >= 15 is 0 Å². The third kappa shape index (κ3) is 1.32. The molecule has 1 saturated carbocycles. The number of thioether (sulfide) groups is 1. The largest absolute Gasteiger partial charge is 0.281 e. The van der Waals surface area contributed by atoms with Crippen molar-refractivity contribution in [1.29, 1.82) is 0 Å². The Labute approximate surface area is 89.9 Å². The molecule has 0 saturated heterocycles. The minimum atomic E-state index is -0.0311. The molecule has 3 rings (SSSR count). The number of nitrogens with one attached hydrogen (secondary N) is 1. The van der Waals surface area contributed by atoms with Gasteiger partial charge in [-0.05, 0) is 6.26 Å². The van der Waals surface area contributed by atoms with E-state index in [-0.39, 0.29) is 11.6 Å². The number of nitrogens with zero attached hydrogens (tertiary/aromatic N) is 3. The smallest absolute Gasteiger partial charge is 0.274 e. The van der Waals surface area contributed by atoms with E-state index in [0.717, 1.165) is 6.42 Å². The lowest BCUT2D eigenvalue weighted by atomic mass is 10.4. The zero-order valence-electron chi connectivity index (χ0n) is 8.10. The van der Waals surface area contributed by atoms with Crippen LogP contribution in [0, 0.1) is 6.42 Å². The first-order valence-corrected chi connectivity index (χ1v) is 5.86. The van der Waals surface area contributed by atoms with Gasteiger partial charge in [0.15, 0.2) is 17.2 Å². The van der Waals surface area contributed by atoms with Crippen LogP contribution >= 0.6 is 11.8 Å². The highest BCUT2D eigenvalue weighted by atomic mass is 32.2. The van der Waals surface area contributed by atoms with Gasteiger partial charge in [-0.2, -0.15) is 0 Å². The summed E-state index contributed by atoms with van der Waals surface area (Å²) >= 11 is 1.46. The zero-order chi connectivity index (χ0) is 10.4. The van der Waals surface area contributed by atoms with Crippen molar-refractivity contribution in [3.8, 4) is 0 Å². The molecule has 15 heavy (non-hydrogen) atoms. The number of H-pyrrole nitrogens is 1. The summed E-state index contributed by atoms with van der Waals surface area (Å²) in [5, 5.41) is 4.25. The highest BCUT2D eigenvalue weighted by Crippen LogP contribution is 2.31. The Morgan fingerprint density at radius 3 is 3.20 bits per heavy atom. The fraction of sp³-hybridized carbons (Fsp3) is 0.333. The second kappa shape index (κ2) is 3.03. The van der Waals surface area contributed by atoms with Crippen LogP contribution in [-0.2, 0) is 0 Å². The van der Waals surface area contributed by atoms with Crippen molar-refractivity contribution in [2.45, 2.75) is 17.6 Å². The van der Waals surface area contributed by atoms with Crippen LogP contribution < -0.4 is 5.56 Å². The number of rotatable bonds is 2. The van der Waals surface area contributed by atoms with Crippen molar-refractivity contribution < 1.29 is 0 Å². The molecule has 1 unspecified atom stereocenters. The molecule has 0 spiro atoms. The summed E-state index contributed by atoms with van der Waals surface area (Å²) in [6.45, 7) is 0. The fourth-order valence-electron chi connectivity index (χ4n) is 1.51. The topological polar surface area (TPSA) is 63.6 Å². The van der Waals surface area contributed by atoms with Crippen LogP contribution in [-0.4, -0.2) is 26.0 Å². The maximum Gasteiger partial charge on any atom is 0.281 e. The first-order chi connectivity index (χ1) is 7.29. The van der Waals surface area contributed by atoms with E-state index in [1.165, 1.54) is 11.8 Å². The molecule has 76 valence electrons. The highest BCUT2D eigenvalue weighted by molar-refractivity contribution is 7.98. The lowest BCUT2D eigenvalue weighted by Crippen LogP contribution is -2.14. The van der Waals surface area contributed by atoms with E-state index in [9.17, 15) is 4.79 Å². The van der Waals surface area contributed by atoms with Gasteiger partial charge in [0.05, 0.1) is 0 Å². The number of aromatic amines is 1. The summed E-state index contributed by atoms with van der Waals surface area (Å²) in [6, 6.07) is 0.226. The van der Waals surface area contributed by atoms with Gasteiger partial charge in [-0.25, -0.2) is 14.6 Å². The van der Waals surface area contributed by atoms with E-state index < -0.39 is 0 Å². The zero-order valence-corrected chi connectivity index (χ0v) is 8.91.